The Labute approximate surface area is 343 Å². The van der Waals surface area contributed by atoms with Crippen molar-refractivity contribution in [1.29, 1.82) is 0 Å². The first-order chi connectivity index (χ1) is 28.2. The van der Waals surface area contributed by atoms with Gasteiger partial charge in [0, 0.05) is 45.3 Å². The molecule has 58 heavy (non-hydrogen) atoms. The number of hydrogen-bond acceptors (Lipinski definition) is 17. The van der Waals surface area contributed by atoms with Crippen LogP contribution in [0.5, 0.6) is 0 Å². The molecule has 0 fully saturated rings. The Kier molecular flexibility index (Phi) is 38.5. The van der Waals surface area contributed by atoms with E-state index >= 15 is 0 Å². The molecule has 340 valence electrons. The molecule has 0 aliphatic carbocycles. The van der Waals surface area contributed by atoms with E-state index in [1.54, 1.807) is 0 Å². The lowest BCUT2D eigenvalue weighted by molar-refractivity contribution is -0.142. The zero-order valence-corrected chi connectivity index (χ0v) is 34.7. The standard InChI is InChI=1S/C37H73N7O14/c1-50-36(49)9-20-52-22-24-54-26-28-55-27-25-53-23-21-51-16-8-35(48)44-37(29-56-17-5-32(45)41-13-2-10-38,30-57-18-6-33(46)42-14-3-11-39)31-58-19-7-34(47)43-15-4-12-40/h2-31,38-40H2,1H3,(H,41,45)(H,42,46)(H,43,47)(H,44,48). The van der Waals surface area contributed by atoms with Crippen LogP contribution in [0.1, 0.15) is 51.4 Å². The summed E-state index contributed by atoms with van der Waals surface area (Å²) < 4.78 is 49.4. The Bertz CT molecular complexity index is 974. The molecule has 0 atom stereocenters. The number of carbonyl (C=O) groups excluding carboxylic acids is 5. The molecule has 0 aromatic rings. The van der Waals surface area contributed by atoms with Gasteiger partial charge in [0.2, 0.25) is 23.6 Å². The number of nitrogens with two attached hydrogens (primary N) is 3. The summed E-state index contributed by atoms with van der Waals surface area (Å²) in [6.45, 7) is 5.80. The highest BCUT2D eigenvalue weighted by Gasteiger charge is 2.34. The van der Waals surface area contributed by atoms with Crippen LogP contribution in [0.25, 0.3) is 0 Å². The van der Waals surface area contributed by atoms with Gasteiger partial charge in [-0.15, -0.1) is 0 Å². The molecule has 0 bridgehead atoms. The van der Waals surface area contributed by atoms with E-state index in [9.17, 15) is 24.0 Å². The molecular formula is C37H73N7O14. The largest absolute Gasteiger partial charge is 0.469 e. The summed E-state index contributed by atoms with van der Waals surface area (Å²) in [4.78, 5) is 60.9. The van der Waals surface area contributed by atoms with Gasteiger partial charge in [-0.3, -0.25) is 24.0 Å². The zero-order valence-electron chi connectivity index (χ0n) is 34.7. The van der Waals surface area contributed by atoms with Crippen molar-refractivity contribution in [3.8, 4) is 0 Å². The molecule has 21 heteroatoms. The summed E-state index contributed by atoms with van der Waals surface area (Å²) in [6.07, 6.45) is 2.38. The molecule has 0 aromatic carbocycles. The van der Waals surface area contributed by atoms with Gasteiger partial charge in [0.15, 0.2) is 0 Å². The molecule has 0 aliphatic rings. The summed E-state index contributed by atoms with van der Waals surface area (Å²) in [5, 5.41) is 11.3. The SMILES string of the molecule is COC(=O)CCOCCOCCOCCOCCOCCC(=O)NC(COCCC(=O)NCCCN)(COCCC(=O)NCCCN)COCCC(=O)NCCCN. The molecule has 0 aliphatic heterocycles. The lowest BCUT2D eigenvalue weighted by Crippen LogP contribution is -2.59. The number of methoxy groups -OCH3 is 1. The van der Waals surface area contributed by atoms with Gasteiger partial charge in [0.25, 0.3) is 0 Å². The van der Waals surface area contributed by atoms with Gasteiger partial charge >= 0.3 is 5.97 Å². The van der Waals surface area contributed by atoms with E-state index in [1.807, 2.05) is 0 Å². The normalized spacial score (nSPS) is 11.3. The van der Waals surface area contributed by atoms with Gasteiger partial charge < -0.3 is 81.1 Å². The first-order valence-corrected chi connectivity index (χ1v) is 20.1. The van der Waals surface area contributed by atoms with E-state index in [0.29, 0.717) is 105 Å². The highest BCUT2D eigenvalue weighted by molar-refractivity contribution is 5.77. The van der Waals surface area contributed by atoms with Crippen molar-refractivity contribution in [3.63, 3.8) is 0 Å². The van der Waals surface area contributed by atoms with Gasteiger partial charge in [0.1, 0.15) is 5.54 Å². The van der Waals surface area contributed by atoms with E-state index < -0.39 is 5.54 Å². The topological polar surface area (TPSA) is 295 Å². The monoisotopic (exact) mass is 840 g/mol. The molecule has 0 spiro atoms. The van der Waals surface area contributed by atoms with Crippen LogP contribution in [0.3, 0.4) is 0 Å². The maximum absolute atomic E-state index is 13.2. The van der Waals surface area contributed by atoms with Crippen molar-refractivity contribution in [2.75, 3.05) is 152 Å². The number of amides is 4. The van der Waals surface area contributed by atoms with Crippen LogP contribution in [0.4, 0.5) is 0 Å². The van der Waals surface area contributed by atoms with E-state index in [1.165, 1.54) is 7.11 Å². The van der Waals surface area contributed by atoms with Crippen LogP contribution >= 0.6 is 0 Å². The molecule has 0 aromatic heterocycles. The predicted molar refractivity (Wildman–Crippen MR) is 213 cm³/mol. The smallest absolute Gasteiger partial charge is 0.307 e. The van der Waals surface area contributed by atoms with Crippen LogP contribution in [0, 0.1) is 0 Å². The summed E-state index contributed by atoms with van der Waals surface area (Å²) in [6, 6.07) is 0. The van der Waals surface area contributed by atoms with Gasteiger partial charge in [-0.25, -0.2) is 0 Å². The van der Waals surface area contributed by atoms with Gasteiger partial charge in [-0.2, -0.15) is 0 Å². The quantitative estimate of drug-likeness (QED) is 0.0247. The van der Waals surface area contributed by atoms with Crippen molar-refractivity contribution in [3.05, 3.63) is 0 Å². The van der Waals surface area contributed by atoms with Gasteiger partial charge in [0.05, 0.1) is 119 Å². The second-order valence-electron chi connectivity index (χ2n) is 12.9. The fourth-order valence-corrected chi connectivity index (χ4v) is 4.55. The molecule has 0 unspecified atom stereocenters. The number of carbonyl (C=O) groups is 5. The van der Waals surface area contributed by atoms with Crippen molar-refractivity contribution < 1.29 is 66.6 Å². The third kappa shape index (κ3) is 36.0. The predicted octanol–water partition coefficient (Wildman–Crippen LogP) is -2.51. The molecular weight excluding hydrogens is 766 g/mol. The first-order valence-electron chi connectivity index (χ1n) is 20.1. The Morgan fingerprint density at radius 2 is 0.707 bits per heavy atom. The number of nitrogens with one attached hydrogen (secondary N) is 4. The minimum atomic E-state index is -1.23. The maximum atomic E-state index is 13.2. The van der Waals surface area contributed by atoms with Crippen LogP contribution in [0.15, 0.2) is 0 Å². The number of esters is 1. The molecule has 0 heterocycles. The van der Waals surface area contributed by atoms with Crippen LogP contribution in [0.2, 0.25) is 0 Å². The van der Waals surface area contributed by atoms with Crippen LogP contribution < -0.4 is 38.5 Å². The average Bonchev–Trinajstić information content (AvgIpc) is 3.21. The van der Waals surface area contributed by atoms with Gasteiger partial charge in [-0.05, 0) is 38.9 Å². The third-order valence-electron chi connectivity index (χ3n) is 7.71. The second-order valence-corrected chi connectivity index (χ2v) is 12.9. The minimum Gasteiger partial charge on any atom is -0.469 e. The van der Waals surface area contributed by atoms with E-state index in [2.05, 4.69) is 26.0 Å². The Morgan fingerprint density at radius 3 is 1.03 bits per heavy atom. The Morgan fingerprint density at radius 1 is 0.414 bits per heavy atom. The number of ether oxygens (including phenoxy) is 9. The van der Waals surface area contributed by atoms with Crippen molar-refractivity contribution >= 4 is 29.6 Å². The van der Waals surface area contributed by atoms with Crippen molar-refractivity contribution in [2.24, 2.45) is 17.2 Å². The second kappa shape index (κ2) is 40.7. The van der Waals surface area contributed by atoms with Crippen LogP contribution in [-0.2, 0) is 66.6 Å². The minimum absolute atomic E-state index is 0.00216. The van der Waals surface area contributed by atoms with E-state index in [0.717, 1.165) is 0 Å². The highest BCUT2D eigenvalue weighted by Crippen LogP contribution is 2.11. The average molecular weight is 840 g/mol. The highest BCUT2D eigenvalue weighted by atomic mass is 16.6. The summed E-state index contributed by atoms with van der Waals surface area (Å²) in [5.41, 5.74) is 15.3. The van der Waals surface area contributed by atoms with E-state index in [-0.39, 0.29) is 121 Å². The maximum Gasteiger partial charge on any atom is 0.307 e. The Balaban J connectivity index is 4.93. The zero-order chi connectivity index (χ0) is 42.8. The molecule has 21 nitrogen and oxygen atoms in total. The molecule has 0 saturated carbocycles. The molecule has 0 radical (unpaired) electrons. The van der Waals surface area contributed by atoms with Gasteiger partial charge in [-0.1, -0.05) is 0 Å². The first kappa shape index (κ1) is 54.9. The fourth-order valence-electron chi connectivity index (χ4n) is 4.55. The molecule has 4 amide bonds. The Hall–Kier alpha value is -3.09. The summed E-state index contributed by atoms with van der Waals surface area (Å²) >= 11 is 0. The number of rotatable bonds is 43. The van der Waals surface area contributed by atoms with E-state index in [4.69, 9.17) is 55.1 Å². The fraction of sp³-hybridized carbons (Fsp3) is 0.865. The molecule has 0 rings (SSSR count). The lowest BCUT2D eigenvalue weighted by Gasteiger charge is -2.34. The lowest BCUT2D eigenvalue weighted by atomic mass is 10.0. The third-order valence-corrected chi connectivity index (χ3v) is 7.71. The van der Waals surface area contributed by atoms with Crippen molar-refractivity contribution in [1.82, 2.24) is 21.3 Å². The summed E-state index contributed by atoms with van der Waals surface area (Å²) in [5.74, 6) is -1.31. The molecule has 10 N–H and O–H groups in total. The van der Waals surface area contributed by atoms with Crippen LogP contribution in [-0.4, -0.2) is 187 Å². The summed E-state index contributed by atoms with van der Waals surface area (Å²) in [7, 11) is 1.33. The van der Waals surface area contributed by atoms with Crippen molar-refractivity contribution in [2.45, 2.75) is 56.9 Å². The molecule has 0 saturated heterocycles. The number of hydrogen-bond donors (Lipinski definition) is 7.